The van der Waals surface area contributed by atoms with Gasteiger partial charge in [-0.15, -0.1) is 0 Å². The molecule has 0 bridgehead atoms. The third-order valence-corrected chi connectivity index (χ3v) is 3.60. The summed E-state index contributed by atoms with van der Waals surface area (Å²) in [6.07, 6.45) is 1.90. The number of imidazole rings is 1. The Labute approximate surface area is 136 Å². The Morgan fingerprint density at radius 1 is 1.30 bits per heavy atom. The Balaban J connectivity index is 0.000000338. The van der Waals surface area contributed by atoms with Crippen LogP contribution in [-0.4, -0.2) is 48.5 Å². The van der Waals surface area contributed by atoms with E-state index in [4.69, 9.17) is 14.3 Å². The fourth-order valence-electron chi connectivity index (χ4n) is 2.65. The molecule has 1 aromatic heterocycles. The predicted molar refractivity (Wildman–Crippen MR) is 90.9 cm³/mol. The van der Waals surface area contributed by atoms with Crippen molar-refractivity contribution in [2.24, 2.45) is 0 Å². The zero-order chi connectivity index (χ0) is 17.2. The fourth-order valence-corrected chi connectivity index (χ4v) is 2.65. The van der Waals surface area contributed by atoms with E-state index in [1.54, 1.807) is 7.11 Å². The topological polar surface area (TPSA) is 84.7 Å². The van der Waals surface area contributed by atoms with Gasteiger partial charge in [0.2, 0.25) is 5.95 Å². The first kappa shape index (κ1) is 17.6. The summed E-state index contributed by atoms with van der Waals surface area (Å²) in [5.41, 5.74) is 2.23. The number of anilines is 1. The molecular weight excluding hydrogens is 318 g/mol. The van der Waals surface area contributed by atoms with Crippen molar-refractivity contribution in [2.45, 2.75) is 32.9 Å². The SMILES string of the molecule is COc1ccc2c(c1)nc1n2CCCN1C(C)C.CS(=O)(=O)O. The zero-order valence-electron chi connectivity index (χ0n) is 13.9. The van der Waals surface area contributed by atoms with Gasteiger partial charge < -0.3 is 14.2 Å². The normalized spacial score (nSPS) is 14.4. The van der Waals surface area contributed by atoms with Gasteiger partial charge in [-0.25, -0.2) is 4.98 Å². The highest BCUT2D eigenvalue weighted by atomic mass is 32.2. The minimum Gasteiger partial charge on any atom is -0.497 e. The first-order valence-corrected chi connectivity index (χ1v) is 9.29. The van der Waals surface area contributed by atoms with E-state index in [9.17, 15) is 8.42 Å². The summed E-state index contributed by atoms with van der Waals surface area (Å²) in [7, 11) is -1.97. The van der Waals surface area contributed by atoms with Crippen LogP contribution in [0.25, 0.3) is 11.0 Å². The number of aryl methyl sites for hydroxylation is 1. The average Bonchev–Trinajstić information content (AvgIpc) is 2.82. The molecule has 0 radical (unpaired) electrons. The van der Waals surface area contributed by atoms with Crippen molar-refractivity contribution in [3.05, 3.63) is 18.2 Å². The zero-order valence-corrected chi connectivity index (χ0v) is 14.7. The molecule has 2 aromatic rings. The van der Waals surface area contributed by atoms with Gasteiger partial charge in [0.05, 0.1) is 24.4 Å². The fraction of sp³-hybridized carbons (Fsp3) is 0.533. The molecule has 3 rings (SSSR count). The van der Waals surface area contributed by atoms with E-state index in [0.29, 0.717) is 12.3 Å². The molecule has 0 saturated heterocycles. The lowest BCUT2D eigenvalue weighted by atomic mass is 10.2. The lowest BCUT2D eigenvalue weighted by molar-refractivity contribution is 0.415. The molecule has 0 saturated carbocycles. The first-order chi connectivity index (χ1) is 10.7. The van der Waals surface area contributed by atoms with Crippen molar-refractivity contribution in [1.29, 1.82) is 0 Å². The van der Waals surface area contributed by atoms with E-state index in [-0.39, 0.29) is 0 Å². The number of aromatic nitrogens is 2. The quantitative estimate of drug-likeness (QED) is 0.843. The molecule has 7 nitrogen and oxygen atoms in total. The smallest absolute Gasteiger partial charge is 0.261 e. The Morgan fingerprint density at radius 3 is 2.52 bits per heavy atom. The second-order valence-corrected chi connectivity index (χ2v) is 7.26. The van der Waals surface area contributed by atoms with Gasteiger partial charge in [0.1, 0.15) is 5.75 Å². The number of methoxy groups -OCH3 is 1. The van der Waals surface area contributed by atoms with Gasteiger partial charge in [0, 0.05) is 25.2 Å². The molecular formula is C15H23N3O4S. The lowest BCUT2D eigenvalue weighted by Crippen LogP contribution is -2.37. The number of hydrogen-bond acceptors (Lipinski definition) is 5. The van der Waals surface area contributed by atoms with Gasteiger partial charge >= 0.3 is 0 Å². The maximum Gasteiger partial charge on any atom is 0.261 e. The maximum absolute atomic E-state index is 9.19. The van der Waals surface area contributed by atoms with Crippen molar-refractivity contribution < 1.29 is 17.7 Å². The number of ether oxygens (including phenoxy) is 1. The Morgan fingerprint density at radius 2 is 1.96 bits per heavy atom. The Kier molecular flexibility index (Phi) is 5.16. The van der Waals surface area contributed by atoms with Crippen molar-refractivity contribution in [2.75, 3.05) is 24.8 Å². The molecule has 1 aliphatic heterocycles. The molecule has 0 atom stereocenters. The van der Waals surface area contributed by atoms with Crippen molar-refractivity contribution in [1.82, 2.24) is 9.55 Å². The van der Waals surface area contributed by atoms with Crippen LogP contribution in [0.15, 0.2) is 18.2 Å². The standard InChI is InChI=1S/C14H19N3O.CH4O3S/c1-10(2)16-7-4-8-17-13-6-5-11(18-3)9-12(13)15-14(16)17;1-5(2,3)4/h5-6,9-10H,4,7-8H2,1-3H3;1H3,(H,2,3,4). The molecule has 1 aromatic carbocycles. The van der Waals surface area contributed by atoms with Crippen LogP contribution < -0.4 is 9.64 Å². The van der Waals surface area contributed by atoms with Crippen LogP contribution in [0.2, 0.25) is 0 Å². The molecule has 8 heteroatoms. The Hall–Kier alpha value is -1.80. The second kappa shape index (κ2) is 6.76. The van der Waals surface area contributed by atoms with E-state index < -0.39 is 10.1 Å². The summed E-state index contributed by atoms with van der Waals surface area (Å²) in [6.45, 7) is 6.59. The molecule has 0 spiro atoms. The van der Waals surface area contributed by atoms with E-state index in [1.807, 2.05) is 12.1 Å². The minimum absolute atomic E-state index is 0.489. The van der Waals surface area contributed by atoms with Crippen LogP contribution in [-0.2, 0) is 16.7 Å². The van der Waals surface area contributed by atoms with E-state index in [2.05, 4.69) is 29.4 Å². The molecule has 1 N–H and O–H groups in total. The number of hydrogen-bond donors (Lipinski definition) is 1. The highest BCUT2D eigenvalue weighted by molar-refractivity contribution is 7.85. The van der Waals surface area contributed by atoms with Gasteiger partial charge in [-0.3, -0.25) is 4.55 Å². The second-order valence-electron chi connectivity index (χ2n) is 5.79. The van der Waals surface area contributed by atoms with Gasteiger partial charge in [0.15, 0.2) is 0 Å². The molecule has 23 heavy (non-hydrogen) atoms. The van der Waals surface area contributed by atoms with Crippen molar-refractivity contribution in [3.8, 4) is 5.75 Å². The average molecular weight is 341 g/mol. The number of nitrogens with zero attached hydrogens (tertiary/aromatic N) is 3. The van der Waals surface area contributed by atoms with E-state index >= 15 is 0 Å². The predicted octanol–water partition coefficient (Wildman–Crippen LogP) is 2.17. The third kappa shape index (κ3) is 4.35. The number of benzene rings is 1. The van der Waals surface area contributed by atoms with Gasteiger partial charge in [-0.05, 0) is 32.4 Å². The van der Waals surface area contributed by atoms with Gasteiger partial charge in [-0.1, -0.05) is 0 Å². The highest BCUT2D eigenvalue weighted by Gasteiger charge is 2.23. The lowest BCUT2D eigenvalue weighted by Gasteiger charge is -2.32. The summed E-state index contributed by atoms with van der Waals surface area (Å²) in [6, 6.07) is 6.61. The molecule has 1 aliphatic rings. The maximum atomic E-state index is 9.19. The molecule has 0 aliphatic carbocycles. The van der Waals surface area contributed by atoms with Gasteiger partial charge in [0.25, 0.3) is 10.1 Å². The summed E-state index contributed by atoms with van der Waals surface area (Å²) in [5, 5.41) is 0. The van der Waals surface area contributed by atoms with E-state index in [0.717, 1.165) is 30.3 Å². The van der Waals surface area contributed by atoms with E-state index in [1.165, 1.54) is 11.9 Å². The van der Waals surface area contributed by atoms with Crippen LogP contribution >= 0.6 is 0 Å². The van der Waals surface area contributed by atoms with Crippen LogP contribution in [0.4, 0.5) is 5.95 Å². The molecule has 0 unspecified atom stereocenters. The molecule has 128 valence electrons. The van der Waals surface area contributed by atoms with Crippen LogP contribution in [0.3, 0.4) is 0 Å². The first-order valence-electron chi connectivity index (χ1n) is 7.44. The summed E-state index contributed by atoms with van der Waals surface area (Å²) in [4.78, 5) is 7.14. The Bertz CT molecular complexity index is 775. The highest BCUT2D eigenvalue weighted by Crippen LogP contribution is 2.29. The largest absolute Gasteiger partial charge is 0.497 e. The monoisotopic (exact) mass is 341 g/mol. The van der Waals surface area contributed by atoms with Crippen molar-refractivity contribution in [3.63, 3.8) is 0 Å². The van der Waals surface area contributed by atoms with Crippen LogP contribution in [0, 0.1) is 0 Å². The molecule has 0 amide bonds. The van der Waals surface area contributed by atoms with Crippen LogP contribution in [0.5, 0.6) is 5.75 Å². The third-order valence-electron chi connectivity index (χ3n) is 3.60. The summed E-state index contributed by atoms with van der Waals surface area (Å²) in [5.74, 6) is 1.97. The van der Waals surface area contributed by atoms with Crippen molar-refractivity contribution >= 4 is 27.1 Å². The number of fused-ring (bicyclic) bond motifs is 3. The summed E-state index contributed by atoms with van der Waals surface area (Å²) < 4.78 is 33.5. The van der Waals surface area contributed by atoms with Crippen LogP contribution in [0.1, 0.15) is 20.3 Å². The molecule has 2 heterocycles. The number of rotatable bonds is 2. The van der Waals surface area contributed by atoms with Gasteiger partial charge in [-0.2, -0.15) is 8.42 Å². The minimum atomic E-state index is -3.67. The summed E-state index contributed by atoms with van der Waals surface area (Å²) >= 11 is 0. The molecule has 0 fully saturated rings.